The molecule has 2 aromatic carbocycles. The number of rotatable bonds is 7. The molecule has 0 atom stereocenters. The topological polar surface area (TPSA) is 151 Å². The Balaban J connectivity index is 1.54. The maximum Gasteiger partial charge on any atom is 0.282 e. The zero-order valence-electron chi connectivity index (χ0n) is 18.8. The molecule has 0 unspecified atom stereocenters. The molecule has 1 aliphatic heterocycles. The van der Waals surface area contributed by atoms with Crippen LogP contribution in [0.4, 0.5) is 23.1 Å². The summed E-state index contributed by atoms with van der Waals surface area (Å²) in [7, 11) is -4.30. The lowest BCUT2D eigenvalue weighted by molar-refractivity contribution is 0.388. The van der Waals surface area contributed by atoms with Gasteiger partial charge in [-0.25, -0.2) is 18.5 Å². The molecule has 0 amide bonds. The summed E-state index contributed by atoms with van der Waals surface area (Å²) in [5.74, 6) is 0.819. The Kier molecular flexibility index (Phi) is 6.31. The van der Waals surface area contributed by atoms with Gasteiger partial charge in [0.15, 0.2) is 0 Å². The highest BCUT2D eigenvalue weighted by Gasteiger charge is 2.30. The minimum Gasteiger partial charge on any atom is -0.340 e. The van der Waals surface area contributed by atoms with Crippen LogP contribution in [0.3, 0.4) is 0 Å². The van der Waals surface area contributed by atoms with Crippen LogP contribution in [-0.2, 0) is 33.3 Å². The summed E-state index contributed by atoms with van der Waals surface area (Å²) in [5, 5.41) is 11.4. The lowest BCUT2D eigenvalue weighted by Crippen LogP contribution is -2.36. The number of aromatic nitrogens is 2. The van der Waals surface area contributed by atoms with Crippen molar-refractivity contribution in [3.8, 4) is 0 Å². The SMILES string of the molecule is Cc1cnc(Nc2cccc(S(N)(=O)=O)c2)nc1Nc1ccc2c(c1)CN(S(=O)(=O)N(C)C)C2. The van der Waals surface area contributed by atoms with Crippen LogP contribution in [0, 0.1) is 6.92 Å². The fraction of sp³-hybridized carbons (Fsp3) is 0.238. The number of nitrogens with one attached hydrogen (secondary N) is 2. The third-order valence-corrected chi connectivity index (χ3v) is 8.09. The van der Waals surface area contributed by atoms with Crippen LogP contribution < -0.4 is 15.8 Å². The molecule has 0 radical (unpaired) electrons. The zero-order chi connectivity index (χ0) is 24.7. The first kappa shape index (κ1) is 24.0. The van der Waals surface area contributed by atoms with E-state index < -0.39 is 20.2 Å². The molecule has 13 heteroatoms. The smallest absolute Gasteiger partial charge is 0.282 e. The van der Waals surface area contributed by atoms with E-state index in [0.29, 0.717) is 24.6 Å². The van der Waals surface area contributed by atoms with Crippen LogP contribution >= 0.6 is 0 Å². The highest BCUT2D eigenvalue weighted by Crippen LogP contribution is 2.30. The Morgan fingerprint density at radius 3 is 2.38 bits per heavy atom. The number of fused-ring (bicyclic) bond motifs is 1. The quantitative estimate of drug-likeness (QED) is 0.443. The summed E-state index contributed by atoms with van der Waals surface area (Å²) in [6, 6.07) is 11.7. The molecule has 34 heavy (non-hydrogen) atoms. The first-order valence-corrected chi connectivity index (χ1v) is 13.2. The first-order chi connectivity index (χ1) is 15.9. The van der Waals surface area contributed by atoms with E-state index in [1.54, 1.807) is 18.3 Å². The summed E-state index contributed by atoms with van der Waals surface area (Å²) in [6.07, 6.45) is 1.64. The molecule has 4 rings (SSSR count). The molecule has 0 saturated heterocycles. The van der Waals surface area contributed by atoms with Gasteiger partial charge in [-0.3, -0.25) is 0 Å². The van der Waals surface area contributed by atoms with Crippen molar-refractivity contribution in [1.82, 2.24) is 18.6 Å². The van der Waals surface area contributed by atoms with E-state index in [1.807, 2.05) is 25.1 Å². The van der Waals surface area contributed by atoms with E-state index in [4.69, 9.17) is 5.14 Å². The lowest BCUT2D eigenvalue weighted by Gasteiger charge is -2.20. The van der Waals surface area contributed by atoms with Gasteiger partial charge in [0, 0.05) is 50.3 Å². The maximum atomic E-state index is 12.5. The van der Waals surface area contributed by atoms with Crippen LogP contribution in [0.2, 0.25) is 0 Å². The Morgan fingerprint density at radius 2 is 1.68 bits per heavy atom. The number of anilines is 4. The third-order valence-electron chi connectivity index (χ3n) is 5.34. The summed E-state index contributed by atoms with van der Waals surface area (Å²) in [5.41, 5.74) is 3.89. The molecule has 4 N–H and O–H groups in total. The van der Waals surface area contributed by atoms with Gasteiger partial charge in [0.05, 0.1) is 4.90 Å². The fourth-order valence-corrected chi connectivity index (χ4v) is 5.11. The second-order valence-electron chi connectivity index (χ2n) is 8.09. The second-order valence-corrected chi connectivity index (χ2v) is 11.8. The lowest BCUT2D eigenvalue weighted by atomic mass is 10.1. The maximum absolute atomic E-state index is 12.5. The van der Waals surface area contributed by atoms with Gasteiger partial charge in [0.1, 0.15) is 5.82 Å². The number of nitrogens with two attached hydrogens (primary N) is 1. The average Bonchev–Trinajstić information content (AvgIpc) is 3.20. The van der Waals surface area contributed by atoms with Crippen molar-refractivity contribution in [3.05, 3.63) is 65.4 Å². The number of aryl methyl sites for hydroxylation is 1. The highest BCUT2D eigenvalue weighted by molar-refractivity contribution is 7.89. The van der Waals surface area contributed by atoms with E-state index in [1.165, 1.54) is 34.8 Å². The number of benzene rings is 2. The van der Waals surface area contributed by atoms with E-state index in [9.17, 15) is 16.8 Å². The van der Waals surface area contributed by atoms with Gasteiger partial charge >= 0.3 is 0 Å². The molecule has 0 fully saturated rings. The van der Waals surface area contributed by atoms with Crippen molar-refractivity contribution in [3.63, 3.8) is 0 Å². The largest absolute Gasteiger partial charge is 0.340 e. The fourth-order valence-electron chi connectivity index (χ4n) is 3.48. The van der Waals surface area contributed by atoms with Gasteiger partial charge < -0.3 is 10.6 Å². The monoisotopic (exact) mass is 503 g/mol. The van der Waals surface area contributed by atoms with E-state index in [2.05, 4.69) is 20.6 Å². The van der Waals surface area contributed by atoms with Crippen molar-refractivity contribution in [2.45, 2.75) is 24.9 Å². The van der Waals surface area contributed by atoms with Crippen molar-refractivity contribution in [2.24, 2.45) is 5.14 Å². The number of hydrogen-bond acceptors (Lipinski definition) is 8. The van der Waals surface area contributed by atoms with Crippen molar-refractivity contribution < 1.29 is 16.8 Å². The van der Waals surface area contributed by atoms with Crippen molar-refractivity contribution >= 4 is 43.4 Å². The summed E-state index contributed by atoms with van der Waals surface area (Å²) >= 11 is 0. The number of primary sulfonamides is 1. The van der Waals surface area contributed by atoms with Gasteiger partial charge in [0.25, 0.3) is 10.2 Å². The summed E-state index contributed by atoms with van der Waals surface area (Å²) in [6.45, 7) is 2.47. The summed E-state index contributed by atoms with van der Waals surface area (Å²) in [4.78, 5) is 8.73. The number of hydrogen-bond donors (Lipinski definition) is 3. The molecule has 180 valence electrons. The van der Waals surface area contributed by atoms with Crippen LogP contribution in [0.15, 0.2) is 53.6 Å². The van der Waals surface area contributed by atoms with E-state index in [-0.39, 0.29) is 10.8 Å². The molecule has 0 spiro atoms. The molecule has 1 aromatic heterocycles. The van der Waals surface area contributed by atoms with Crippen LogP contribution in [0.5, 0.6) is 0 Å². The van der Waals surface area contributed by atoms with E-state index in [0.717, 1.165) is 22.4 Å². The Morgan fingerprint density at radius 1 is 0.971 bits per heavy atom. The van der Waals surface area contributed by atoms with Gasteiger partial charge in [-0.2, -0.15) is 22.0 Å². The van der Waals surface area contributed by atoms with Crippen LogP contribution in [-0.4, -0.2) is 49.5 Å². The zero-order valence-corrected chi connectivity index (χ0v) is 20.5. The van der Waals surface area contributed by atoms with Gasteiger partial charge in [-0.15, -0.1) is 0 Å². The standard InChI is InChI=1S/C21H25N7O4S2/c1-14-11-23-21(25-17-5-4-6-19(10-17)33(22,29)30)26-20(14)24-18-8-7-15-12-28(13-16(15)9-18)34(31,32)27(2)3/h4-11H,12-13H2,1-3H3,(H2,22,29,30)(H2,23,24,25,26). The average molecular weight is 504 g/mol. The third kappa shape index (κ3) is 5.03. The predicted molar refractivity (Wildman–Crippen MR) is 129 cm³/mol. The summed E-state index contributed by atoms with van der Waals surface area (Å²) < 4.78 is 50.7. The van der Waals surface area contributed by atoms with Crippen molar-refractivity contribution in [2.75, 3.05) is 24.7 Å². The Labute approximate surface area is 198 Å². The van der Waals surface area contributed by atoms with Crippen LogP contribution in [0.1, 0.15) is 16.7 Å². The highest BCUT2D eigenvalue weighted by atomic mass is 32.2. The molecule has 1 aliphatic rings. The molecule has 0 aliphatic carbocycles. The minimum atomic E-state index is -3.83. The number of sulfonamides is 1. The molecule has 11 nitrogen and oxygen atoms in total. The Hall–Kier alpha value is -3.10. The second kappa shape index (κ2) is 8.92. The predicted octanol–water partition coefficient (Wildman–Crippen LogP) is 2.04. The molecule has 0 saturated carbocycles. The van der Waals surface area contributed by atoms with Gasteiger partial charge in [0.2, 0.25) is 16.0 Å². The molecular formula is C21H25N7O4S2. The van der Waals surface area contributed by atoms with Crippen molar-refractivity contribution in [1.29, 1.82) is 0 Å². The first-order valence-electron chi connectivity index (χ1n) is 10.2. The number of nitrogens with zero attached hydrogens (tertiary/aromatic N) is 4. The molecule has 0 bridgehead atoms. The normalized spacial score (nSPS) is 14.3. The van der Waals surface area contributed by atoms with Gasteiger partial charge in [-0.05, 0) is 48.4 Å². The van der Waals surface area contributed by atoms with Gasteiger partial charge in [-0.1, -0.05) is 12.1 Å². The molecular weight excluding hydrogens is 478 g/mol. The Bertz CT molecular complexity index is 1460. The minimum absolute atomic E-state index is 0.0218. The molecule has 3 aromatic rings. The molecule has 2 heterocycles. The van der Waals surface area contributed by atoms with Crippen LogP contribution in [0.25, 0.3) is 0 Å². The van der Waals surface area contributed by atoms with E-state index >= 15 is 0 Å².